The smallest absolute Gasteiger partial charge is 0.251 e. The fourth-order valence-electron chi connectivity index (χ4n) is 5.10. The van der Waals surface area contributed by atoms with Crippen LogP contribution in [0.5, 0.6) is 0 Å². The first kappa shape index (κ1) is 36.9. The van der Waals surface area contributed by atoms with Crippen molar-refractivity contribution in [3.8, 4) is 0 Å². The van der Waals surface area contributed by atoms with E-state index in [4.69, 9.17) is 4.42 Å². The van der Waals surface area contributed by atoms with Gasteiger partial charge in [0.2, 0.25) is 0 Å². The molecule has 1 aromatic heterocycles. The fourth-order valence-corrected chi connectivity index (χ4v) is 5.10. The standard InChI is InChI=1S/C34H39F2N3O3.2ClH/c1-4-24-7-5-8-25(13-24)19-37-20-33(40)32(17-26-15-29(35)18-30(36)16-26)38-34(41)28-12-23(2)11-27(14-28)21-39(3)22-31-9-6-10-42-31;;/h5-16,18,32-33,37,40H,4,17,19-22H2,1-3H3,(H,38,41);2*1H/t32-,33-;;/m0../s1. The number of hydrogen-bond acceptors (Lipinski definition) is 5. The zero-order chi connectivity index (χ0) is 30.1. The Bertz CT molecular complexity index is 1450. The number of carbonyl (C=O) groups is 1. The van der Waals surface area contributed by atoms with Gasteiger partial charge in [0.1, 0.15) is 17.4 Å². The Hall–Kier alpha value is -3.27. The topological polar surface area (TPSA) is 77.7 Å². The third-order valence-electron chi connectivity index (χ3n) is 7.10. The highest BCUT2D eigenvalue weighted by Crippen LogP contribution is 2.16. The maximum Gasteiger partial charge on any atom is 0.251 e. The van der Waals surface area contributed by atoms with E-state index in [2.05, 4.69) is 34.6 Å². The third-order valence-corrected chi connectivity index (χ3v) is 7.10. The minimum absolute atomic E-state index is 0. The molecule has 0 aliphatic rings. The number of nitrogens with zero attached hydrogens (tertiary/aromatic N) is 1. The van der Waals surface area contributed by atoms with Crippen molar-refractivity contribution in [2.75, 3.05) is 13.6 Å². The van der Waals surface area contributed by atoms with E-state index in [0.717, 1.165) is 34.9 Å². The Morgan fingerprint density at radius 3 is 2.32 bits per heavy atom. The van der Waals surface area contributed by atoms with Gasteiger partial charge >= 0.3 is 0 Å². The maximum absolute atomic E-state index is 14.0. The van der Waals surface area contributed by atoms with E-state index in [1.165, 1.54) is 17.7 Å². The summed E-state index contributed by atoms with van der Waals surface area (Å²) < 4.78 is 33.4. The van der Waals surface area contributed by atoms with E-state index >= 15 is 0 Å². The van der Waals surface area contributed by atoms with Crippen molar-refractivity contribution < 1.29 is 23.1 Å². The number of furan rings is 1. The van der Waals surface area contributed by atoms with Gasteiger partial charge in [-0.25, -0.2) is 8.78 Å². The number of aryl methyl sites for hydroxylation is 2. The van der Waals surface area contributed by atoms with Gasteiger partial charge in [-0.2, -0.15) is 0 Å². The second kappa shape index (κ2) is 17.9. The van der Waals surface area contributed by atoms with Gasteiger partial charge in [0.05, 0.1) is 25.0 Å². The van der Waals surface area contributed by atoms with Crippen LogP contribution in [0.15, 0.2) is 83.5 Å². The summed E-state index contributed by atoms with van der Waals surface area (Å²) in [5.74, 6) is -0.938. The lowest BCUT2D eigenvalue weighted by atomic mass is 9.99. The maximum atomic E-state index is 14.0. The van der Waals surface area contributed by atoms with Crippen LogP contribution in [0.4, 0.5) is 8.78 Å². The molecular formula is C34H41Cl2F2N3O3. The highest BCUT2D eigenvalue weighted by atomic mass is 35.5. The van der Waals surface area contributed by atoms with E-state index in [1.807, 2.05) is 50.4 Å². The summed E-state index contributed by atoms with van der Waals surface area (Å²) in [7, 11) is 1.97. The molecule has 44 heavy (non-hydrogen) atoms. The molecule has 0 aliphatic carbocycles. The molecule has 0 saturated heterocycles. The van der Waals surface area contributed by atoms with Crippen molar-refractivity contribution in [1.29, 1.82) is 0 Å². The Kier molecular flexibility index (Phi) is 15.0. The molecule has 10 heteroatoms. The number of aliphatic hydroxyl groups excluding tert-OH is 1. The van der Waals surface area contributed by atoms with Crippen LogP contribution in [0.2, 0.25) is 0 Å². The number of nitrogens with one attached hydrogen (secondary N) is 2. The molecule has 0 bridgehead atoms. The summed E-state index contributed by atoms with van der Waals surface area (Å²) in [6.07, 6.45) is 1.61. The van der Waals surface area contributed by atoms with Crippen molar-refractivity contribution in [3.63, 3.8) is 0 Å². The number of aliphatic hydroxyl groups is 1. The number of rotatable bonds is 14. The zero-order valence-corrected chi connectivity index (χ0v) is 26.8. The van der Waals surface area contributed by atoms with Crippen LogP contribution in [-0.4, -0.2) is 41.7 Å². The van der Waals surface area contributed by atoms with E-state index in [-0.39, 0.29) is 43.7 Å². The molecule has 0 saturated carbocycles. The average Bonchev–Trinajstić information content (AvgIpc) is 3.44. The minimum Gasteiger partial charge on any atom is -0.468 e. The van der Waals surface area contributed by atoms with Gasteiger partial charge in [0, 0.05) is 31.3 Å². The number of benzene rings is 3. The van der Waals surface area contributed by atoms with Crippen LogP contribution in [0, 0.1) is 18.6 Å². The number of amides is 1. The van der Waals surface area contributed by atoms with Crippen LogP contribution in [-0.2, 0) is 32.5 Å². The Morgan fingerprint density at radius 1 is 0.909 bits per heavy atom. The Labute approximate surface area is 270 Å². The van der Waals surface area contributed by atoms with Crippen molar-refractivity contribution >= 4 is 30.7 Å². The monoisotopic (exact) mass is 647 g/mol. The van der Waals surface area contributed by atoms with Gasteiger partial charge in [-0.1, -0.05) is 42.8 Å². The van der Waals surface area contributed by atoms with E-state index in [0.29, 0.717) is 30.8 Å². The van der Waals surface area contributed by atoms with Crippen molar-refractivity contribution in [1.82, 2.24) is 15.5 Å². The van der Waals surface area contributed by atoms with Gasteiger partial charge in [-0.05, 0) is 85.5 Å². The zero-order valence-electron chi connectivity index (χ0n) is 25.2. The number of hydrogen-bond donors (Lipinski definition) is 3. The molecule has 4 rings (SSSR count). The van der Waals surface area contributed by atoms with Crippen LogP contribution >= 0.6 is 24.8 Å². The van der Waals surface area contributed by atoms with Crippen LogP contribution in [0.1, 0.15) is 50.9 Å². The Balaban J connectivity index is 0.00000337. The molecule has 3 aromatic carbocycles. The highest BCUT2D eigenvalue weighted by Gasteiger charge is 2.23. The minimum atomic E-state index is -1.02. The molecule has 4 aromatic rings. The lowest BCUT2D eigenvalue weighted by Crippen LogP contribution is -2.48. The largest absolute Gasteiger partial charge is 0.468 e. The van der Waals surface area contributed by atoms with Gasteiger partial charge < -0.3 is 20.2 Å². The summed E-state index contributed by atoms with van der Waals surface area (Å²) in [5, 5.41) is 17.3. The van der Waals surface area contributed by atoms with Crippen molar-refractivity contribution in [2.45, 2.75) is 58.5 Å². The molecule has 0 fully saturated rings. The molecule has 1 amide bonds. The molecule has 0 unspecified atom stereocenters. The molecule has 0 aliphatic heterocycles. The second-order valence-corrected chi connectivity index (χ2v) is 10.9. The molecule has 238 valence electrons. The molecule has 0 spiro atoms. The first-order chi connectivity index (χ1) is 20.2. The number of carbonyl (C=O) groups excluding carboxylic acids is 1. The summed E-state index contributed by atoms with van der Waals surface area (Å²) in [6.45, 7) is 5.95. The Morgan fingerprint density at radius 2 is 1.64 bits per heavy atom. The van der Waals surface area contributed by atoms with E-state index in [1.54, 1.807) is 12.3 Å². The van der Waals surface area contributed by atoms with Crippen LogP contribution in [0.25, 0.3) is 0 Å². The normalized spacial score (nSPS) is 12.2. The van der Waals surface area contributed by atoms with Crippen molar-refractivity contribution in [3.05, 3.63) is 130 Å². The molecule has 6 nitrogen and oxygen atoms in total. The number of halogens is 4. The van der Waals surface area contributed by atoms with E-state index in [9.17, 15) is 18.7 Å². The average molecular weight is 649 g/mol. The summed E-state index contributed by atoms with van der Waals surface area (Å²) >= 11 is 0. The van der Waals surface area contributed by atoms with Gasteiger partial charge in [-0.3, -0.25) is 9.69 Å². The SMILES string of the molecule is CCc1cccc(CNC[C@H](O)[C@H](Cc2cc(F)cc(F)c2)NC(=O)c2cc(C)cc(CN(C)Cc3ccco3)c2)c1.Cl.Cl. The quantitative estimate of drug-likeness (QED) is 0.148. The van der Waals surface area contributed by atoms with Crippen molar-refractivity contribution in [2.24, 2.45) is 0 Å². The first-order valence-electron chi connectivity index (χ1n) is 14.2. The lowest BCUT2D eigenvalue weighted by Gasteiger charge is -2.25. The molecule has 3 N–H and O–H groups in total. The predicted molar refractivity (Wildman–Crippen MR) is 174 cm³/mol. The lowest BCUT2D eigenvalue weighted by molar-refractivity contribution is 0.0829. The summed E-state index contributed by atoms with van der Waals surface area (Å²) in [5.41, 5.74) is 4.97. The van der Waals surface area contributed by atoms with Crippen LogP contribution in [0.3, 0.4) is 0 Å². The highest BCUT2D eigenvalue weighted by molar-refractivity contribution is 5.94. The summed E-state index contributed by atoms with van der Waals surface area (Å²) in [4.78, 5) is 15.6. The predicted octanol–water partition coefficient (Wildman–Crippen LogP) is 6.40. The second-order valence-electron chi connectivity index (χ2n) is 10.9. The fraction of sp³-hybridized carbons (Fsp3) is 0.324. The molecule has 1 heterocycles. The molecular weight excluding hydrogens is 607 g/mol. The third kappa shape index (κ3) is 11.3. The van der Waals surface area contributed by atoms with E-state index < -0.39 is 23.8 Å². The van der Waals surface area contributed by atoms with Gasteiger partial charge in [-0.15, -0.1) is 24.8 Å². The van der Waals surface area contributed by atoms with Crippen LogP contribution < -0.4 is 10.6 Å². The molecule has 0 radical (unpaired) electrons. The first-order valence-corrected chi connectivity index (χ1v) is 14.2. The summed E-state index contributed by atoms with van der Waals surface area (Å²) in [6, 6.07) is 20.0. The molecule has 2 atom stereocenters. The van der Waals surface area contributed by atoms with Gasteiger partial charge in [0.15, 0.2) is 0 Å². The van der Waals surface area contributed by atoms with Gasteiger partial charge in [0.25, 0.3) is 5.91 Å².